The van der Waals surface area contributed by atoms with Gasteiger partial charge in [0.2, 0.25) is 0 Å². The van der Waals surface area contributed by atoms with Crippen LogP contribution in [0.2, 0.25) is 0 Å². The highest BCUT2D eigenvalue weighted by atomic mass is 32.1. The van der Waals surface area contributed by atoms with Gasteiger partial charge in [-0.15, -0.1) is 11.3 Å². The highest BCUT2D eigenvalue weighted by Crippen LogP contribution is 2.20. The Balaban J connectivity index is 1.90. The lowest BCUT2D eigenvalue weighted by molar-refractivity contribution is 0.414. The summed E-state index contributed by atoms with van der Waals surface area (Å²) < 4.78 is 0. The number of nitrogens with one attached hydrogen (secondary N) is 1. The van der Waals surface area contributed by atoms with Gasteiger partial charge in [0.25, 0.3) is 0 Å². The Labute approximate surface area is 88.1 Å². The van der Waals surface area contributed by atoms with E-state index < -0.39 is 0 Å². The van der Waals surface area contributed by atoms with Gasteiger partial charge in [-0.25, -0.2) is 4.98 Å². The summed E-state index contributed by atoms with van der Waals surface area (Å²) in [5.41, 5.74) is 5.53. The van der Waals surface area contributed by atoms with Gasteiger partial charge in [-0.2, -0.15) is 0 Å². The van der Waals surface area contributed by atoms with Crippen LogP contribution in [0.25, 0.3) is 0 Å². The number of aromatic nitrogens is 1. The van der Waals surface area contributed by atoms with Crippen molar-refractivity contribution in [2.45, 2.75) is 19.0 Å². The van der Waals surface area contributed by atoms with Crippen LogP contribution in [-0.2, 0) is 6.54 Å². The average Bonchev–Trinajstić information content (AvgIpc) is 2.76. The van der Waals surface area contributed by atoms with Crippen molar-refractivity contribution >= 4 is 16.5 Å². The van der Waals surface area contributed by atoms with Gasteiger partial charge in [0.05, 0.1) is 0 Å². The van der Waals surface area contributed by atoms with Crippen LogP contribution in [0.15, 0.2) is 6.20 Å². The summed E-state index contributed by atoms with van der Waals surface area (Å²) in [4.78, 5) is 7.75. The molecule has 14 heavy (non-hydrogen) atoms. The normalized spacial score (nSPS) is 22.9. The molecule has 0 bridgehead atoms. The third kappa shape index (κ3) is 2.23. The van der Waals surface area contributed by atoms with Gasteiger partial charge >= 0.3 is 0 Å². The molecule has 1 fully saturated rings. The van der Waals surface area contributed by atoms with Crippen molar-refractivity contribution in [1.29, 1.82) is 0 Å². The van der Waals surface area contributed by atoms with Crippen molar-refractivity contribution in [3.63, 3.8) is 0 Å². The SMILES string of the molecule is CN1CCC(Nc2ncc(CN)s2)C1. The van der Waals surface area contributed by atoms with Crippen LogP contribution in [0.3, 0.4) is 0 Å². The Morgan fingerprint density at radius 3 is 3.21 bits per heavy atom. The molecule has 0 aromatic carbocycles. The highest BCUT2D eigenvalue weighted by Gasteiger charge is 2.19. The molecular weight excluding hydrogens is 196 g/mol. The van der Waals surface area contributed by atoms with E-state index in [9.17, 15) is 0 Å². The summed E-state index contributed by atoms with van der Waals surface area (Å²) in [7, 11) is 2.15. The van der Waals surface area contributed by atoms with Gasteiger partial charge in [0.15, 0.2) is 5.13 Å². The number of hydrogen-bond acceptors (Lipinski definition) is 5. The Bertz CT molecular complexity index is 299. The molecule has 3 N–H and O–H groups in total. The topological polar surface area (TPSA) is 54.2 Å². The first-order valence-electron chi connectivity index (χ1n) is 4.88. The second-order valence-corrected chi connectivity index (χ2v) is 4.84. The highest BCUT2D eigenvalue weighted by molar-refractivity contribution is 7.15. The first-order valence-corrected chi connectivity index (χ1v) is 5.69. The molecule has 1 atom stereocenters. The number of nitrogens with zero attached hydrogens (tertiary/aromatic N) is 2. The Hall–Kier alpha value is -0.650. The number of rotatable bonds is 3. The maximum atomic E-state index is 5.53. The van der Waals surface area contributed by atoms with Gasteiger partial charge in [-0.3, -0.25) is 0 Å². The van der Waals surface area contributed by atoms with Crippen molar-refractivity contribution in [3.05, 3.63) is 11.1 Å². The standard InChI is InChI=1S/C9H16N4S/c1-13-3-2-7(6-13)12-9-11-5-8(4-10)14-9/h5,7H,2-4,6,10H2,1H3,(H,11,12). The van der Waals surface area contributed by atoms with Crippen LogP contribution in [0.1, 0.15) is 11.3 Å². The lowest BCUT2D eigenvalue weighted by Gasteiger charge is -2.10. The molecule has 0 aliphatic carbocycles. The van der Waals surface area contributed by atoms with E-state index in [1.807, 2.05) is 6.20 Å². The predicted octanol–water partition coefficient (Wildman–Crippen LogP) is 0.718. The molecule has 1 aliphatic heterocycles. The van der Waals surface area contributed by atoms with Crippen molar-refractivity contribution in [2.24, 2.45) is 5.73 Å². The lowest BCUT2D eigenvalue weighted by atomic mass is 10.3. The van der Waals surface area contributed by atoms with Crippen molar-refractivity contribution in [3.8, 4) is 0 Å². The number of thiazole rings is 1. The fraction of sp³-hybridized carbons (Fsp3) is 0.667. The Morgan fingerprint density at radius 1 is 1.79 bits per heavy atom. The zero-order chi connectivity index (χ0) is 9.97. The third-order valence-corrected chi connectivity index (χ3v) is 3.42. The quantitative estimate of drug-likeness (QED) is 0.775. The van der Waals surface area contributed by atoms with Gasteiger partial charge in [0, 0.05) is 30.2 Å². The van der Waals surface area contributed by atoms with Crippen molar-refractivity contribution in [2.75, 3.05) is 25.5 Å². The van der Waals surface area contributed by atoms with Crippen LogP contribution in [-0.4, -0.2) is 36.1 Å². The molecule has 2 heterocycles. The maximum Gasteiger partial charge on any atom is 0.183 e. The van der Waals surface area contributed by atoms with E-state index >= 15 is 0 Å². The van der Waals surface area contributed by atoms with Crippen LogP contribution in [0.5, 0.6) is 0 Å². The molecule has 1 aromatic heterocycles. The zero-order valence-electron chi connectivity index (χ0n) is 8.36. The summed E-state index contributed by atoms with van der Waals surface area (Å²) in [5, 5.41) is 4.44. The molecule has 2 rings (SSSR count). The molecule has 0 spiro atoms. The Kier molecular flexibility index (Phi) is 3.00. The third-order valence-electron chi connectivity index (χ3n) is 2.47. The van der Waals surface area contributed by atoms with E-state index in [0.29, 0.717) is 12.6 Å². The maximum absolute atomic E-state index is 5.53. The van der Waals surface area contributed by atoms with E-state index in [2.05, 4.69) is 22.2 Å². The number of nitrogens with two attached hydrogens (primary N) is 1. The van der Waals surface area contributed by atoms with Gasteiger partial charge in [0.1, 0.15) is 0 Å². The summed E-state index contributed by atoms with van der Waals surface area (Å²) in [6.45, 7) is 2.87. The van der Waals surface area contributed by atoms with E-state index in [1.54, 1.807) is 11.3 Å². The first-order chi connectivity index (χ1) is 6.78. The second-order valence-electron chi connectivity index (χ2n) is 3.73. The number of anilines is 1. The molecule has 0 saturated carbocycles. The monoisotopic (exact) mass is 212 g/mol. The van der Waals surface area contributed by atoms with Gasteiger partial charge in [-0.05, 0) is 20.0 Å². The molecule has 1 aromatic rings. The van der Waals surface area contributed by atoms with Crippen LogP contribution < -0.4 is 11.1 Å². The van der Waals surface area contributed by atoms with Crippen LogP contribution >= 0.6 is 11.3 Å². The van der Waals surface area contributed by atoms with E-state index in [1.165, 1.54) is 13.0 Å². The first kappa shape index (κ1) is 9.89. The van der Waals surface area contributed by atoms with Crippen molar-refractivity contribution < 1.29 is 0 Å². The number of hydrogen-bond donors (Lipinski definition) is 2. The average molecular weight is 212 g/mol. The minimum absolute atomic E-state index is 0.553. The summed E-state index contributed by atoms with van der Waals surface area (Å²) in [6, 6.07) is 0.553. The summed E-state index contributed by atoms with van der Waals surface area (Å²) >= 11 is 1.66. The molecule has 0 radical (unpaired) electrons. The van der Waals surface area contributed by atoms with E-state index in [4.69, 9.17) is 5.73 Å². The molecule has 1 saturated heterocycles. The van der Waals surface area contributed by atoms with Gasteiger partial charge < -0.3 is 16.0 Å². The fourth-order valence-electron chi connectivity index (χ4n) is 1.70. The van der Waals surface area contributed by atoms with Crippen molar-refractivity contribution in [1.82, 2.24) is 9.88 Å². The molecule has 0 amide bonds. The molecule has 5 heteroatoms. The fourth-order valence-corrected chi connectivity index (χ4v) is 2.46. The minimum atomic E-state index is 0.553. The molecule has 1 aliphatic rings. The number of likely N-dealkylation sites (tertiary alicyclic amines) is 1. The lowest BCUT2D eigenvalue weighted by Crippen LogP contribution is -2.23. The molecule has 78 valence electrons. The predicted molar refractivity (Wildman–Crippen MR) is 59.5 cm³/mol. The number of likely N-dealkylation sites (N-methyl/N-ethyl adjacent to an activating group) is 1. The smallest absolute Gasteiger partial charge is 0.183 e. The summed E-state index contributed by atoms with van der Waals surface area (Å²) in [5.74, 6) is 0. The summed E-state index contributed by atoms with van der Waals surface area (Å²) in [6.07, 6.45) is 3.06. The van der Waals surface area contributed by atoms with Crippen LogP contribution in [0, 0.1) is 0 Å². The largest absolute Gasteiger partial charge is 0.357 e. The second kappa shape index (κ2) is 4.25. The molecular formula is C9H16N4S. The molecule has 4 nitrogen and oxygen atoms in total. The van der Waals surface area contributed by atoms with E-state index in [-0.39, 0.29) is 0 Å². The Morgan fingerprint density at radius 2 is 2.64 bits per heavy atom. The van der Waals surface area contributed by atoms with Crippen LogP contribution in [0.4, 0.5) is 5.13 Å². The van der Waals surface area contributed by atoms with E-state index in [0.717, 1.165) is 16.6 Å². The molecule has 1 unspecified atom stereocenters. The van der Waals surface area contributed by atoms with Gasteiger partial charge in [-0.1, -0.05) is 0 Å². The zero-order valence-corrected chi connectivity index (χ0v) is 9.18. The minimum Gasteiger partial charge on any atom is -0.357 e.